The normalized spacial score (nSPS) is 16.1. The highest BCUT2D eigenvalue weighted by Crippen LogP contribution is 2.32. The molecule has 0 bridgehead atoms. The van der Waals surface area contributed by atoms with Gasteiger partial charge in [-0.2, -0.15) is 0 Å². The standard InChI is InChI=1S/C16H24F2N2/c1-11(2)10-20(13-5-3-4-6-13)14-8-7-12(9-19)15(17)16(14)18/h7-8,11,13H,3-6,9-10,19H2,1-2H3. The van der Waals surface area contributed by atoms with Crippen molar-refractivity contribution in [2.75, 3.05) is 11.4 Å². The van der Waals surface area contributed by atoms with E-state index < -0.39 is 11.6 Å². The van der Waals surface area contributed by atoms with Crippen molar-refractivity contribution in [1.82, 2.24) is 0 Å². The molecule has 0 heterocycles. The fourth-order valence-electron chi connectivity index (χ4n) is 3.01. The first-order valence-corrected chi connectivity index (χ1v) is 7.48. The number of halogens is 2. The maximum atomic E-state index is 14.3. The van der Waals surface area contributed by atoms with Gasteiger partial charge < -0.3 is 10.6 Å². The van der Waals surface area contributed by atoms with Crippen molar-refractivity contribution in [3.8, 4) is 0 Å². The average molecular weight is 282 g/mol. The molecule has 112 valence electrons. The van der Waals surface area contributed by atoms with Gasteiger partial charge in [-0.05, 0) is 24.8 Å². The molecule has 0 atom stereocenters. The Morgan fingerprint density at radius 3 is 2.40 bits per heavy atom. The molecule has 2 rings (SSSR count). The highest BCUT2D eigenvalue weighted by atomic mass is 19.2. The van der Waals surface area contributed by atoms with Gasteiger partial charge in [0.25, 0.3) is 0 Å². The molecule has 2 nitrogen and oxygen atoms in total. The second-order valence-corrected chi connectivity index (χ2v) is 6.06. The summed E-state index contributed by atoms with van der Waals surface area (Å²) in [6, 6.07) is 3.62. The van der Waals surface area contributed by atoms with Crippen LogP contribution in [0.25, 0.3) is 0 Å². The van der Waals surface area contributed by atoms with Gasteiger partial charge in [-0.15, -0.1) is 0 Å². The van der Waals surface area contributed by atoms with E-state index in [9.17, 15) is 8.78 Å². The van der Waals surface area contributed by atoms with Crippen LogP contribution in [0, 0.1) is 17.6 Å². The summed E-state index contributed by atoms with van der Waals surface area (Å²) in [7, 11) is 0. The Morgan fingerprint density at radius 2 is 1.85 bits per heavy atom. The number of benzene rings is 1. The van der Waals surface area contributed by atoms with Gasteiger partial charge in [0.1, 0.15) is 0 Å². The highest BCUT2D eigenvalue weighted by Gasteiger charge is 2.27. The smallest absolute Gasteiger partial charge is 0.182 e. The number of anilines is 1. The zero-order valence-electron chi connectivity index (χ0n) is 12.3. The Morgan fingerprint density at radius 1 is 1.20 bits per heavy atom. The first-order valence-electron chi connectivity index (χ1n) is 7.48. The molecule has 2 N–H and O–H groups in total. The number of nitrogens with two attached hydrogens (primary N) is 1. The average Bonchev–Trinajstić information content (AvgIpc) is 2.93. The van der Waals surface area contributed by atoms with Crippen LogP contribution in [0.4, 0.5) is 14.5 Å². The van der Waals surface area contributed by atoms with Gasteiger partial charge in [-0.25, -0.2) is 8.78 Å². The van der Waals surface area contributed by atoms with Gasteiger partial charge >= 0.3 is 0 Å². The van der Waals surface area contributed by atoms with Crippen molar-refractivity contribution >= 4 is 5.69 Å². The van der Waals surface area contributed by atoms with Crippen LogP contribution in [0.3, 0.4) is 0 Å². The van der Waals surface area contributed by atoms with Crippen LogP contribution in [0.1, 0.15) is 45.1 Å². The van der Waals surface area contributed by atoms with Gasteiger partial charge in [-0.1, -0.05) is 32.8 Å². The molecule has 1 fully saturated rings. The lowest BCUT2D eigenvalue weighted by Gasteiger charge is -2.33. The van der Waals surface area contributed by atoms with Gasteiger partial charge in [0.15, 0.2) is 11.6 Å². The minimum Gasteiger partial charge on any atom is -0.366 e. The highest BCUT2D eigenvalue weighted by molar-refractivity contribution is 5.51. The van der Waals surface area contributed by atoms with Crippen LogP contribution in [0.5, 0.6) is 0 Å². The minimum atomic E-state index is -0.795. The van der Waals surface area contributed by atoms with Gasteiger partial charge in [0.2, 0.25) is 0 Å². The fraction of sp³-hybridized carbons (Fsp3) is 0.625. The maximum absolute atomic E-state index is 14.3. The molecule has 1 aliphatic rings. The SMILES string of the molecule is CC(C)CN(c1ccc(CN)c(F)c1F)C1CCCC1. The van der Waals surface area contributed by atoms with E-state index in [2.05, 4.69) is 18.7 Å². The topological polar surface area (TPSA) is 29.3 Å². The van der Waals surface area contributed by atoms with Crippen molar-refractivity contribution in [3.63, 3.8) is 0 Å². The number of hydrogen-bond acceptors (Lipinski definition) is 2. The van der Waals surface area contributed by atoms with Crippen molar-refractivity contribution in [2.24, 2.45) is 11.7 Å². The van der Waals surface area contributed by atoms with Crippen LogP contribution >= 0.6 is 0 Å². The van der Waals surface area contributed by atoms with Crippen LogP contribution in [0.15, 0.2) is 12.1 Å². The Balaban J connectivity index is 2.35. The lowest BCUT2D eigenvalue weighted by molar-refractivity contribution is 0.479. The minimum absolute atomic E-state index is 0.0244. The zero-order chi connectivity index (χ0) is 14.7. The first-order chi connectivity index (χ1) is 9.54. The predicted molar refractivity (Wildman–Crippen MR) is 78.7 cm³/mol. The van der Waals surface area contributed by atoms with E-state index >= 15 is 0 Å². The molecule has 0 aliphatic heterocycles. The molecule has 1 aromatic rings. The van der Waals surface area contributed by atoms with Crippen molar-refractivity contribution in [1.29, 1.82) is 0 Å². The predicted octanol–water partition coefficient (Wildman–Crippen LogP) is 3.83. The maximum Gasteiger partial charge on any atom is 0.182 e. The number of rotatable bonds is 5. The summed E-state index contributed by atoms with van der Waals surface area (Å²) in [4.78, 5) is 2.05. The van der Waals surface area contributed by atoms with Crippen LogP contribution in [0.2, 0.25) is 0 Å². The zero-order valence-corrected chi connectivity index (χ0v) is 12.3. The molecule has 0 aromatic heterocycles. The van der Waals surface area contributed by atoms with Crippen molar-refractivity contribution in [3.05, 3.63) is 29.3 Å². The van der Waals surface area contributed by atoms with E-state index in [1.807, 2.05) is 0 Å². The Hall–Kier alpha value is -1.16. The van der Waals surface area contributed by atoms with Crippen LogP contribution in [-0.4, -0.2) is 12.6 Å². The summed E-state index contributed by atoms with van der Waals surface area (Å²) in [5.41, 5.74) is 6.06. The van der Waals surface area contributed by atoms with E-state index in [0.29, 0.717) is 17.6 Å². The molecule has 0 amide bonds. The molecule has 1 saturated carbocycles. The molecular weight excluding hydrogens is 258 g/mol. The molecule has 0 saturated heterocycles. The molecule has 0 radical (unpaired) electrons. The Labute approximate surface area is 120 Å². The van der Waals surface area contributed by atoms with E-state index in [1.165, 1.54) is 12.8 Å². The molecule has 4 heteroatoms. The third kappa shape index (κ3) is 3.11. The van der Waals surface area contributed by atoms with Crippen LogP contribution in [-0.2, 0) is 6.54 Å². The molecule has 0 unspecified atom stereocenters. The Bertz CT molecular complexity index is 454. The quantitative estimate of drug-likeness (QED) is 0.889. The largest absolute Gasteiger partial charge is 0.366 e. The molecule has 1 aromatic carbocycles. The third-order valence-electron chi connectivity index (χ3n) is 4.00. The Kier molecular flexibility index (Phi) is 4.97. The van der Waals surface area contributed by atoms with E-state index in [1.54, 1.807) is 12.1 Å². The summed E-state index contributed by atoms with van der Waals surface area (Å²) >= 11 is 0. The lowest BCUT2D eigenvalue weighted by Crippen LogP contribution is -2.37. The van der Waals surface area contributed by atoms with Gasteiger partial charge in [0, 0.05) is 24.7 Å². The number of nitrogens with zero attached hydrogens (tertiary/aromatic N) is 1. The second kappa shape index (κ2) is 6.53. The summed E-state index contributed by atoms with van der Waals surface area (Å²) < 4.78 is 28.3. The van der Waals surface area contributed by atoms with E-state index in [0.717, 1.165) is 19.4 Å². The van der Waals surface area contributed by atoms with Crippen LogP contribution < -0.4 is 10.6 Å². The monoisotopic (exact) mass is 282 g/mol. The molecule has 0 spiro atoms. The molecular formula is C16H24F2N2. The van der Waals surface area contributed by atoms with E-state index in [-0.39, 0.29) is 12.1 Å². The second-order valence-electron chi connectivity index (χ2n) is 6.06. The lowest BCUT2D eigenvalue weighted by atomic mass is 10.1. The molecule has 1 aliphatic carbocycles. The first kappa shape index (κ1) is 15.2. The van der Waals surface area contributed by atoms with Gasteiger partial charge in [0.05, 0.1) is 5.69 Å². The van der Waals surface area contributed by atoms with Gasteiger partial charge in [-0.3, -0.25) is 0 Å². The summed E-state index contributed by atoms with van der Waals surface area (Å²) in [5, 5.41) is 0. The van der Waals surface area contributed by atoms with Crippen molar-refractivity contribution < 1.29 is 8.78 Å². The molecule has 20 heavy (non-hydrogen) atoms. The summed E-state index contributed by atoms with van der Waals surface area (Å²) in [6.07, 6.45) is 4.47. The van der Waals surface area contributed by atoms with Crippen molar-refractivity contribution in [2.45, 2.75) is 52.1 Å². The summed E-state index contributed by atoms with van der Waals surface area (Å²) in [6.45, 7) is 4.98. The van der Waals surface area contributed by atoms with E-state index in [4.69, 9.17) is 5.73 Å². The summed E-state index contributed by atoms with van der Waals surface area (Å²) in [5.74, 6) is -1.13. The fourth-order valence-corrected chi connectivity index (χ4v) is 3.01. The third-order valence-corrected chi connectivity index (χ3v) is 4.00. The number of hydrogen-bond donors (Lipinski definition) is 1.